The van der Waals surface area contributed by atoms with Crippen LogP contribution in [0.5, 0.6) is 0 Å². The van der Waals surface area contributed by atoms with Crippen molar-refractivity contribution in [3.05, 3.63) is 35.9 Å². The maximum Gasteiger partial charge on any atom is 0.254 e. The molecule has 0 spiro atoms. The van der Waals surface area contributed by atoms with E-state index in [1.807, 2.05) is 37.3 Å². The lowest BCUT2D eigenvalue weighted by molar-refractivity contribution is -0.131. The topological polar surface area (TPSA) is 61.4 Å². The molecule has 0 aromatic heterocycles. The number of hydrogen-bond donors (Lipinski definition) is 2. The lowest BCUT2D eigenvalue weighted by atomic mass is 9.92. The van der Waals surface area contributed by atoms with E-state index < -0.39 is 5.54 Å². The van der Waals surface area contributed by atoms with Gasteiger partial charge in [-0.3, -0.25) is 9.59 Å². The summed E-state index contributed by atoms with van der Waals surface area (Å²) in [5, 5.41) is 6.56. The highest BCUT2D eigenvalue weighted by molar-refractivity contribution is 5.99. The Kier molecular flexibility index (Phi) is 4.90. The van der Waals surface area contributed by atoms with Gasteiger partial charge < -0.3 is 15.5 Å². The zero-order chi connectivity index (χ0) is 17.2. The van der Waals surface area contributed by atoms with E-state index in [1.54, 1.807) is 4.90 Å². The first-order valence-corrected chi connectivity index (χ1v) is 8.91. The van der Waals surface area contributed by atoms with Crippen molar-refractivity contribution in [3.8, 4) is 0 Å². The molecule has 2 aliphatic heterocycles. The fourth-order valence-corrected chi connectivity index (χ4v) is 3.81. The molecule has 5 nitrogen and oxygen atoms in total. The number of amides is 2. The number of carbonyl (C=O) groups excluding carboxylic acids is 2. The molecule has 3 atom stereocenters. The molecule has 3 rings (SSSR count). The number of benzene rings is 1. The molecule has 1 aromatic carbocycles. The number of likely N-dealkylation sites (tertiary alicyclic amines) is 1. The molecule has 3 unspecified atom stereocenters. The summed E-state index contributed by atoms with van der Waals surface area (Å²) in [6, 6.07) is 9.42. The van der Waals surface area contributed by atoms with Crippen LogP contribution in [0.3, 0.4) is 0 Å². The Labute approximate surface area is 143 Å². The van der Waals surface area contributed by atoms with Crippen LogP contribution < -0.4 is 10.6 Å². The smallest absolute Gasteiger partial charge is 0.254 e. The molecule has 0 bridgehead atoms. The quantitative estimate of drug-likeness (QED) is 0.889. The first-order valence-electron chi connectivity index (χ1n) is 8.91. The lowest BCUT2D eigenvalue weighted by Gasteiger charge is -2.37. The molecule has 5 heteroatoms. The van der Waals surface area contributed by atoms with Gasteiger partial charge in [0.2, 0.25) is 5.91 Å². The first-order chi connectivity index (χ1) is 11.5. The second-order valence-corrected chi connectivity index (χ2v) is 7.25. The van der Waals surface area contributed by atoms with Crippen molar-refractivity contribution in [2.24, 2.45) is 5.92 Å². The second-order valence-electron chi connectivity index (χ2n) is 7.25. The van der Waals surface area contributed by atoms with Crippen LogP contribution in [0.15, 0.2) is 30.3 Å². The van der Waals surface area contributed by atoms with E-state index in [1.165, 1.54) is 0 Å². The van der Waals surface area contributed by atoms with Gasteiger partial charge in [0.15, 0.2) is 0 Å². The monoisotopic (exact) mass is 329 g/mol. The molecule has 0 aliphatic carbocycles. The molecule has 130 valence electrons. The van der Waals surface area contributed by atoms with E-state index in [2.05, 4.69) is 17.6 Å². The zero-order valence-electron chi connectivity index (χ0n) is 14.5. The maximum absolute atomic E-state index is 13.0. The van der Waals surface area contributed by atoms with Gasteiger partial charge in [-0.1, -0.05) is 25.1 Å². The Balaban J connectivity index is 1.74. The minimum Gasteiger partial charge on any atom is -0.351 e. The van der Waals surface area contributed by atoms with Crippen molar-refractivity contribution in [3.63, 3.8) is 0 Å². The molecule has 2 saturated heterocycles. The standard InChI is InChI=1S/C19H27N3O2/c1-14-13-20-11-9-16(14)21-18(24)19(2)10-6-12-22(19)17(23)15-7-4-3-5-8-15/h3-5,7-8,14,16,20H,6,9-13H2,1-2H3,(H,21,24). The van der Waals surface area contributed by atoms with Gasteiger partial charge in [-0.25, -0.2) is 0 Å². The normalized spacial score (nSPS) is 30.2. The summed E-state index contributed by atoms with van der Waals surface area (Å²) in [6.07, 6.45) is 2.52. The molecular weight excluding hydrogens is 302 g/mol. The van der Waals surface area contributed by atoms with E-state index >= 15 is 0 Å². The maximum atomic E-state index is 13.0. The predicted octanol–water partition coefficient (Wildman–Crippen LogP) is 1.80. The van der Waals surface area contributed by atoms with Gasteiger partial charge in [-0.2, -0.15) is 0 Å². The SMILES string of the molecule is CC1CNCCC1NC(=O)C1(C)CCCN1C(=O)c1ccccc1. The van der Waals surface area contributed by atoms with E-state index in [4.69, 9.17) is 0 Å². The van der Waals surface area contributed by atoms with Crippen LogP contribution in [0.4, 0.5) is 0 Å². The van der Waals surface area contributed by atoms with Crippen LogP contribution in [0.1, 0.15) is 43.5 Å². The van der Waals surface area contributed by atoms with Crippen molar-refractivity contribution in [2.45, 2.75) is 44.7 Å². The van der Waals surface area contributed by atoms with E-state index in [0.717, 1.165) is 32.4 Å². The average Bonchev–Trinajstić information content (AvgIpc) is 3.00. The molecule has 2 N–H and O–H groups in total. The summed E-state index contributed by atoms with van der Waals surface area (Å²) in [4.78, 5) is 27.6. The summed E-state index contributed by atoms with van der Waals surface area (Å²) in [6.45, 7) is 6.55. The Hall–Kier alpha value is -1.88. The van der Waals surface area contributed by atoms with Gasteiger partial charge in [-0.15, -0.1) is 0 Å². The Morgan fingerprint density at radius 3 is 2.75 bits per heavy atom. The largest absolute Gasteiger partial charge is 0.351 e. The third-order valence-electron chi connectivity index (χ3n) is 5.50. The number of nitrogens with one attached hydrogen (secondary N) is 2. The van der Waals surface area contributed by atoms with Crippen molar-refractivity contribution >= 4 is 11.8 Å². The summed E-state index contributed by atoms with van der Waals surface area (Å²) in [5.74, 6) is 0.345. The summed E-state index contributed by atoms with van der Waals surface area (Å²) >= 11 is 0. The van der Waals surface area contributed by atoms with Crippen molar-refractivity contribution < 1.29 is 9.59 Å². The van der Waals surface area contributed by atoms with Gasteiger partial charge in [0.05, 0.1) is 0 Å². The summed E-state index contributed by atoms with van der Waals surface area (Å²) < 4.78 is 0. The molecular formula is C19H27N3O2. The van der Waals surface area contributed by atoms with Crippen LogP contribution in [-0.4, -0.2) is 47.9 Å². The number of rotatable bonds is 3. The minimum absolute atomic E-state index is 0.0111. The van der Waals surface area contributed by atoms with Gasteiger partial charge in [0.25, 0.3) is 5.91 Å². The average molecular weight is 329 g/mol. The molecule has 2 heterocycles. The van der Waals surface area contributed by atoms with Crippen LogP contribution in [0, 0.1) is 5.92 Å². The van der Waals surface area contributed by atoms with Crippen LogP contribution >= 0.6 is 0 Å². The van der Waals surface area contributed by atoms with Gasteiger partial charge in [-0.05, 0) is 57.3 Å². The highest BCUT2D eigenvalue weighted by Gasteiger charge is 2.46. The Morgan fingerprint density at radius 2 is 2.04 bits per heavy atom. The van der Waals surface area contributed by atoms with Gasteiger partial charge >= 0.3 is 0 Å². The molecule has 1 aromatic rings. The highest BCUT2D eigenvalue weighted by Crippen LogP contribution is 2.31. The van der Waals surface area contributed by atoms with Crippen LogP contribution in [0.25, 0.3) is 0 Å². The number of carbonyl (C=O) groups is 2. The molecule has 0 radical (unpaired) electrons. The molecule has 2 fully saturated rings. The first kappa shape index (κ1) is 17.0. The van der Waals surface area contributed by atoms with Gasteiger partial charge in [0, 0.05) is 18.2 Å². The molecule has 2 aliphatic rings. The molecule has 24 heavy (non-hydrogen) atoms. The third kappa shape index (κ3) is 3.18. The zero-order valence-corrected chi connectivity index (χ0v) is 14.5. The highest BCUT2D eigenvalue weighted by atomic mass is 16.2. The van der Waals surface area contributed by atoms with E-state index in [-0.39, 0.29) is 17.9 Å². The Morgan fingerprint density at radius 1 is 1.29 bits per heavy atom. The molecule has 0 saturated carbocycles. The minimum atomic E-state index is -0.752. The number of piperidine rings is 1. The fraction of sp³-hybridized carbons (Fsp3) is 0.579. The van der Waals surface area contributed by atoms with E-state index in [9.17, 15) is 9.59 Å². The fourth-order valence-electron chi connectivity index (χ4n) is 3.81. The summed E-state index contributed by atoms with van der Waals surface area (Å²) in [5.41, 5.74) is -0.106. The molecule has 2 amide bonds. The van der Waals surface area contributed by atoms with Gasteiger partial charge in [0.1, 0.15) is 5.54 Å². The third-order valence-corrected chi connectivity index (χ3v) is 5.50. The van der Waals surface area contributed by atoms with Crippen molar-refractivity contribution in [1.29, 1.82) is 0 Å². The van der Waals surface area contributed by atoms with E-state index in [0.29, 0.717) is 18.0 Å². The Bertz CT molecular complexity index is 604. The van der Waals surface area contributed by atoms with Crippen LogP contribution in [0.2, 0.25) is 0 Å². The van der Waals surface area contributed by atoms with Crippen molar-refractivity contribution in [1.82, 2.24) is 15.5 Å². The number of hydrogen-bond acceptors (Lipinski definition) is 3. The number of nitrogens with zero attached hydrogens (tertiary/aromatic N) is 1. The lowest BCUT2D eigenvalue weighted by Crippen LogP contribution is -2.59. The predicted molar refractivity (Wildman–Crippen MR) is 93.7 cm³/mol. The summed E-state index contributed by atoms with van der Waals surface area (Å²) in [7, 11) is 0. The van der Waals surface area contributed by atoms with Crippen LogP contribution in [-0.2, 0) is 4.79 Å². The second kappa shape index (κ2) is 6.93. The van der Waals surface area contributed by atoms with Crippen molar-refractivity contribution in [2.75, 3.05) is 19.6 Å².